The van der Waals surface area contributed by atoms with Crippen LogP contribution in [0.1, 0.15) is 0 Å². The summed E-state index contributed by atoms with van der Waals surface area (Å²) in [6.07, 6.45) is 6.51. The minimum atomic E-state index is -1.40. The number of nitrogens with zero attached hydrogens (tertiary/aromatic N) is 5. The van der Waals surface area contributed by atoms with E-state index < -0.39 is 10.8 Å². The Morgan fingerprint density at radius 2 is 1.74 bits per heavy atom. The van der Waals surface area contributed by atoms with Crippen molar-refractivity contribution in [1.82, 2.24) is 24.9 Å². The van der Waals surface area contributed by atoms with Gasteiger partial charge >= 0.3 is 0 Å². The monoisotopic (exact) mass is 539 g/mol. The highest BCUT2D eigenvalue weighted by Gasteiger charge is 2.19. The van der Waals surface area contributed by atoms with Crippen molar-refractivity contribution in [2.75, 3.05) is 0 Å². The number of pyridine rings is 1. The van der Waals surface area contributed by atoms with Gasteiger partial charge in [0.25, 0.3) is 0 Å². The van der Waals surface area contributed by atoms with Gasteiger partial charge < -0.3 is 4.52 Å². The van der Waals surface area contributed by atoms with Gasteiger partial charge in [0.2, 0.25) is 12.2 Å². The third-order valence-electron chi connectivity index (χ3n) is 4.60. The lowest BCUT2D eigenvalue weighted by molar-refractivity contribution is 0.419. The first kappa shape index (κ1) is 19.8. The van der Waals surface area contributed by atoms with E-state index in [1.807, 2.05) is 60.7 Å². The number of halogens is 1. The molecule has 152 valence electrons. The molecule has 0 saturated heterocycles. The highest BCUT2D eigenvalue weighted by molar-refractivity contribution is 14.1. The van der Waals surface area contributed by atoms with Gasteiger partial charge in [0.1, 0.15) is 5.69 Å². The minimum Gasteiger partial charge on any atom is -0.342 e. The van der Waals surface area contributed by atoms with Crippen LogP contribution >= 0.6 is 22.6 Å². The molecular weight excluding hydrogens is 525 g/mol. The Hall–Kier alpha value is -3.18. The van der Waals surface area contributed by atoms with Gasteiger partial charge in [-0.05, 0) is 59.0 Å². The summed E-state index contributed by atoms with van der Waals surface area (Å²) in [6, 6.07) is 19.0. The Morgan fingerprint density at radius 1 is 0.968 bits per heavy atom. The molecule has 9 heteroatoms. The van der Waals surface area contributed by atoms with Crippen LogP contribution in [0.2, 0.25) is 0 Å². The number of benzene rings is 2. The maximum atomic E-state index is 13.5. The van der Waals surface area contributed by atoms with Crippen LogP contribution in [0, 0.1) is 3.57 Å². The number of hydrogen-bond donors (Lipinski definition) is 0. The van der Waals surface area contributed by atoms with Crippen molar-refractivity contribution in [3.05, 3.63) is 89.2 Å². The van der Waals surface area contributed by atoms with E-state index >= 15 is 0 Å². The number of aromatic nitrogens is 5. The van der Waals surface area contributed by atoms with E-state index in [-0.39, 0.29) is 0 Å². The molecule has 5 aromatic rings. The molecule has 31 heavy (non-hydrogen) atoms. The quantitative estimate of drug-likeness (QED) is 0.300. The first-order chi connectivity index (χ1) is 15.2. The summed E-state index contributed by atoms with van der Waals surface area (Å²) in [4.78, 5) is 9.58. The van der Waals surface area contributed by atoms with Crippen molar-refractivity contribution < 1.29 is 8.73 Å². The molecule has 3 heterocycles. The second kappa shape index (κ2) is 8.52. The molecule has 2 aromatic carbocycles. The predicted molar refractivity (Wildman–Crippen MR) is 124 cm³/mol. The van der Waals surface area contributed by atoms with Crippen LogP contribution in [0.25, 0.3) is 28.3 Å². The largest absolute Gasteiger partial charge is 0.342 e. The first-order valence-corrected chi connectivity index (χ1v) is 11.5. The second-order valence-electron chi connectivity index (χ2n) is 6.55. The lowest BCUT2D eigenvalue weighted by atomic mass is 10.1. The SMILES string of the molecule is O=[S@](c1ccc(I)cc1)c1cn(-c2cccnc2)nc1-c1ccc(-c2ncon2)cc1. The number of hydrogen-bond acceptors (Lipinski definition) is 6. The van der Waals surface area contributed by atoms with E-state index in [1.165, 1.54) is 6.39 Å². The van der Waals surface area contributed by atoms with Gasteiger partial charge in [-0.25, -0.2) is 8.89 Å². The zero-order valence-electron chi connectivity index (χ0n) is 15.9. The summed E-state index contributed by atoms with van der Waals surface area (Å²) in [6.45, 7) is 0. The Morgan fingerprint density at radius 3 is 2.42 bits per heavy atom. The molecular formula is C22H14IN5O2S. The molecule has 0 radical (unpaired) electrons. The average Bonchev–Trinajstić information content (AvgIpc) is 3.51. The molecule has 0 aliphatic carbocycles. The summed E-state index contributed by atoms with van der Waals surface area (Å²) < 4.78 is 21.1. The fourth-order valence-corrected chi connectivity index (χ4v) is 4.60. The molecule has 5 rings (SSSR count). The van der Waals surface area contributed by atoms with Crippen molar-refractivity contribution in [1.29, 1.82) is 0 Å². The maximum absolute atomic E-state index is 13.5. The molecule has 0 bridgehead atoms. The van der Waals surface area contributed by atoms with Gasteiger partial charge in [-0.3, -0.25) is 4.98 Å². The van der Waals surface area contributed by atoms with Crippen LogP contribution < -0.4 is 0 Å². The van der Waals surface area contributed by atoms with Crippen LogP contribution in [0.15, 0.2) is 100.0 Å². The highest BCUT2D eigenvalue weighted by atomic mass is 127. The van der Waals surface area contributed by atoms with Crippen molar-refractivity contribution in [2.45, 2.75) is 9.79 Å². The predicted octanol–water partition coefficient (Wildman–Crippen LogP) is 4.76. The molecule has 0 amide bonds. The van der Waals surface area contributed by atoms with E-state index in [0.29, 0.717) is 16.4 Å². The lowest BCUT2D eigenvalue weighted by Gasteiger charge is -2.04. The van der Waals surface area contributed by atoms with Gasteiger partial charge in [0.05, 0.1) is 27.6 Å². The van der Waals surface area contributed by atoms with E-state index in [2.05, 4.69) is 37.7 Å². The fourth-order valence-electron chi connectivity index (χ4n) is 3.08. The second-order valence-corrected chi connectivity index (χ2v) is 9.25. The summed E-state index contributed by atoms with van der Waals surface area (Å²) in [7, 11) is -1.40. The van der Waals surface area contributed by atoms with Gasteiger partial charge in [0, 0.05) is 32.0 Å². The molecule has 3 aromatic heterocycles. The Bertz CT molecular complexity index is 1340. The van der Waals surface area contributed by atoms with Gasteiger partial charge in [-0.2, -0.15) is 10.1 Å². The van der Waals surface area contributed by atoms with Crippen LogP contribution in [-0.4, -0.2) is 29.1 Å². The van der Waals surface area contributed by atoms with E-state index in [4.69, 9.17) is 9.62 Å². The van der Waals surface area contributed by atoms with Crippen LogP contribution in [0.5, 0.6) is 0 Å². The topological polar surface area (TPSA) is 86.7 Å². The molecule has 0 unspecified atom stereocenters. The molecule has 1 atom stereocenters. The Balaban J connectivity index is 1.60. The standard InChI is InChI=1S/C22H14IN5O2S/c23-17-7-9-19(10-8-17)31(29)20-13-28(18-2-1-11-24-12-18)26-21(20)15-3-5-16(6-4-15)22-25-14-30-27-22/h1-14H/t31-/m1/s1. The van der Waals surface area contributed by atoms with Crippen molar-refractivity contribution in [3.63, 3.8) is 0 Å². The molecule has 0 aliphatic rings. The first-order valence-electron chi connectivity index (χ1n) is 9.23. The zero-order chi connectivity index (χ0) is 21.2. The third-order valence-corrected chi connectivity index (χ3v) is 6.71. The van der Waals surface area contributed by atoms with Crippen molar-refractivity contribution in [2.24, 2.45) is 0 Å². The minimum absolute atomic E-state index is 0.509. The van der Waals surface area contributed by atoms with Crippen molar-refractivity contribution >= 4 is 33.4 Å². The van der Waals surface area contributed by atoms with Gasteiger partial charge in [-0.15, -0.1) is 0 Å². The van der Waals surface area contributed by atoms with Gasteiger partial charge in [0.15, 0.2) is 0 Å². The fraction of sp³-hybridized carbons (Fsp3) is 0. The van der Waals surface area contributed by atoms with E-state index in [0.717, 1.165) is 25.3 Å². The number of rotatable bonds is 5. The Kier molecular flexibility index (Phi) is 5.43. The van der Waals surface area contributed by atoms with Crippen LogP contribution in [0.4, 0.5) is 0 Å². The molecule has 0 aliphatic heterocycles. The normalized spacial score (nSPS) is 12.0. The van der Waals surface area contributed by atoms with Crippen LogP contribution in [-0.2, 0) is 10.8 Å². The molecule has 0 saturated carbocycles. The smallest absolute Gasteiger partial charge is 0.214 e. The third kappa shape index (κ3) is 4.06. The van der Waals surface area contributed by atoms with E-state index in [9.17, 15) is 4.21 Å². The average molecular weight is 539 g/mol. The molecule has 0 fully saturated rings. The summed E-state index contributed by atoms with van der Waals surface area (Å²) in [5, 5.41) is 8.60. The zero-order valence-corrected chi connectivity index (χ0v) is 18.9. The van der Waals surface area contributed by atoms with Crippen LogP contribution in [0.3, 0.4) is 0 Å². The molecule has 0 spiro atoms. The maximum Gasteiger partial charge on any atom is 0.214 e. The highest BCUT2D eigenvalue weighted by Crippen LogP contribution is 2.30. The molecule has 0 N–H and O–H groups in total. The van der Waals surface area contributed by atoms with Gasteiger partial charge in [-0.1, -0.05) is 29.4 Å². The summed E-state index contributed by atoms with van der Waals surface area (Å²) >= 11 is 2.23. The summed E-state index contributed by atoms with van der Waals surface area (Å²) in [5.41, 5.74) is 3.09. The van der Waals surface area contributed by atoms with Crippen molar-refractivity contribution in [3.8, 4) is 28.3 Å². The lowest BCUT2D eigenvalue weighted by Crippen LogP contribution is -1.95. The Labute approximate surface area is 193 Å². The summed E-state index contributed by atoms with van der Waals surface area (Å²) in [5.74, 6) is 0.509. The van der Waals surface area contributed by atoms with E-state index in [1.54, 1.807) is 23.3 Å². The molecule has 7 nitrogen and oxygen atoms in total.